The Morgan fingerprint density at radius 2 is 2.04 bits per heavy atom. The molecule has 1 fully saturated rings. The van der Waals surface area contributed by atoms with Crippen molar-refractivity contribution in [1.82, 2.24) is 5.32 Å². The molecule has 0 radical (unpaired) electrons. The normalized spacial score (nSPS) is 20.0. The number of rotatable bonds is 4. The molecule has 1 saturated heterocycles. The summed E-state index contributed by atoms with van der Waals surface area (Å²) < 4.78 is 0. The number of aryl methyl sites for hydroxylation is 1. The summed E-state index contributed by atoms with van der Waals surface area (Å²) in [5.41, 5.74) is 17.5. The fourth-order valence-electron chi connectivity index (χ4n) is 3.29. The SMILES string of the molecule is Cc1cc(N2CCC=N2)ccc1/C(N)=C/C=C(\N)C1CCNCC1. The second kappa shape index (κ2) is 7.53. The first-order valence-corrected chi connectivity index (χ1v) is 8.69. The second-order valence-corrected chi connectivity index (χ2v) is 6.52. The van der Waals surface area contributed by atoms with Gasteiger partial charge in [0.1, 0.15) is 0 Å². The highest BCUT2D eigenvalue weighted by Gasteiger charge is 2.15. The molecule has 0 atom stereocenters. The summed E-state index contributed by atoms with van der Waals surface area (Å²) in [5, 5.41) is 9.74. The largest absolute Gasteiger partial charge is 0.402 e. The van der Waals surface area contributed by atoms with Crippen molar-refractivity contribution < 1.29 is 0 Å². The van der Waals surface area contributed by atoms with Crippen molar-refractivity contribution in [2.24, 2.45) is 22.5 Å². The van der Waals surface area contributed by atoms with Crippen LogP contribution in [0, 0.1) is 12.8 Å². The molecule has 0 aliphatic carbocycles. The van der Waals surface area contributed by atoms with Gasteiger partial charge in [-0.25, -0.2) is 0 Å². The number of piperidine rings is 1. The number of allylic oxidation sites excluding steroid dienone is 3. The molecule has 0 bridgehead atoms. The lowest BCUT2D eigenvalue weighted by molar-refractivity contribution is 0.417. The Morgan fingerprint density at radius 3 is 2.71 bits per heavy atom. The molecular formula is C19H27N5. The number of hydrazone groups is 1. The molecule has 2 heterocycles. The van der Waals surface area contributed by atoms with Crippen molar-refractivity contribution in [1.29, 1.82) is 0 Å². The number of nitrogens with one attached hydrogen (secondary N) is 1. The summed E-state index contributed by atoms with van der Waals surface area (Å²) in [5.74, 6) is 0.465. The van der Waals surface area contributed by atoms with Gasteiger partial charge < -0.3 is 16.8 Å². The summed E-state index contributed by atoms with van der Waals surface area (Å²) in [6.07, 6.45) is 9.06. The first-order chi connectivity index (χ1) is 11.6. The van der Waals surface area contributed by atoms with Crippen molar-refractivity contribution in [3.05, 3.63) is 47.2 Å². The fraction of sp³-hybridized carbons (Fsp3) is 0.421. The van der Waals surface area contributed by atoms with E-state index in [0.29, 0.717) is 5.92 Å². The Kier molecular flexibility index (Phi) is 5.20. The van der Waals surface area contributed by atoms with Crippen LogP contribution in [0.15, 0.2) is 41.1 Å². The lowest BCUT2D eigenvalue weighted by Crippen LogP contribution is -2.30. The van der Waals surface area contributed by atoms with E-state index in [1.54, 1.807) is 0 Å². The average molecular weight is 325 g/mol. The highest BCUT2D eigenvalue weighted by molar-refractivity contribution is 5.71. The molecule has 24 heavy (non-hydrogen) atoms. The summed E-state index contributed by atoms with van der Waals surface area (Å²) in [6, 6.07) is 6.28. The minimum Gasteiger partial charge on any atom is -0.402 e. The molecule has 5 nitrogen and oxygen atoms in total. The lowest BCUT2D eigenvalue weighted by Gasteiger charge is -2.22. The van der Waals surface area contributed by atoms with Gasteiger partial charge in [0.15, 0.2) is 0 Å². The zero-order chi connectivity index (χ0) is 16.9. The van der Waals surface area contributed by atoms with E-state index in [2.05, 4.69) is 35.5 Å². The summed E-state index contributed by atoms with van der Waals surface area (Å²) >= 11 is 0. The van der Waals surface area contributed by atoms with Gasteiger partial charge in [-0.15, -0.1) is 0 Å². The highest BCUT2D eigenvalue weighted by atomic mass is 15.5. The highest BCUT2D eigenvalue weighted by Crippen LogP contribution is 2.24. The molecule has 0 spiro atoms. The minimum atomic E-state index is 0.465. The van der Waals surface area contributed by atoms with Crippen LogP contribution >= 0.6 is 0 Å². The van der Waals surface area contributed by atoms with E-state index in [1.165, 1.54) is 0 Å². The van der Waals surface area contributed by atoms with E-state index in [-0.39, 0.29) is 0 Å². The van der Waals surface area contributed by atoms with Gasteiger partial charge in [0.25, 0.3) is 0 Å². The van der Waals surface area contributed by atoms with Gasteiger partial charge in [0, 0.05) is 42.1 Å². The summed E-state index contributed by atoms with van der Waals surface area (Å²) in [6.45, 7) is 5.11. The van der Waals surface area contributed by atoms with Crippen LogP contribution in [0.3, 0.4) is 0 Å². The Labute approximate surface area is 144 Å². The molecule has 0 saturated carbocycles. The molecule has 5 heteroatoms. The molecular weight excluding hydrogens is 298 g/mol. The van der Waals surface area contributed by atoms with Crippen molar-refractivity contribution in [3.63, 3.8) is 0 Å². The molecule has 2 aliphatic heterocycles. The van der Waals surface area contributed by atoms with Crippen LogP contribution < -0.4 is 21.8 Å². The van der Waals surface area contributed by atoms with Gasteiger partial charge in [0.05, 0.1) is 5.69 Å². The molecule has 5 N–H and O–H groups in total. The number of nitrogens with zero attached hydrogens (tertiary/aromatic N) is 2. The van der Waals surface area contributed by atoms with Gasteiger partial charge in [-0.05, 0) is 62.7 Å². The van der Waals surface area contributed by atoms with Crippen molar-refractivity contribution in [2.75, 3.05) is 24.6 Å². The predicted molar refractivity (Wildman–Crippen MR) is 102 cm³/mol. The molecule has 0 unspecified atom stereocenters. The zero-order valence-corrected chi connectivity index (χ0v) is 14.3. The zero-order valence-electron chi connectivity index (χ0n) is 14.3. The van der Waals surface area contributed by atoms with Crippen LogP contribution in [0.4, 0.5) is 5.69 Å². The van der Waals surface area contributed by atoms with E-state index in [4.69, 9.17) is 11.5 Å². The number of nitrogens with two attached hydrogens (primary N) is 2. The van der Waals surface area contributed by atoms with Crippen molar-refractivity contribution in [2.45, 2.75) is 26.2 Å². The quantitative estimate of drug-likeness (QED) is 0.742. The Bertz CT molecular complexity index is 668. The number of anilines is 1. The Hall–Kier alpha value is -2.27. The summed E-state index contributed by atoms with van der Waals surface area (Å²) in [7, 11) is 0. The smallest absolute Gasteiger partial charge is 0.0596 e. The Morgan fingerprint density at radius 1 is 1.25 bits per heavy atom. The van der Waals surface area contributed by atoms with Gasteiger partial charge in [-0.1, -0.05) is 6.07 Å². The minimum absolute atomic E-state index is 0.465. The number of hydrogen-bond donors (Lipinski definition) is 3. The van der Waals surface area contributed by atoms with E-state index < -0.39 is 0 Å². The molecule has 1 aromatic rings. The predicted octanol–water partition coefficient (Wildman–Crippen LogP) is 2.33. The molecule has 128 valence electrons. The van der Waals surface area contributed by atoms with E-state index in [0.717, 1.165) is 67.1 Å². The average Bonchev–Trinajstić information content (AvgIpc) is 3.14. The van der Waals surface area contributed by atoms with Gasteiger partial charge in [-0.2, -0.15) is 5.10 Å². The van der Waals surface area contributed by atoms with E-state index in [1.807, 2.05) is 23.4 Å². The monoisotopic (exact) mass is 325 g/mol. The van der Waals surface area contributed by atoms with Gasteiger partial charge >= 0.3 is 0 Å². The van der Waals surface area contributed by atoms with Crippen LogP contribution in [0.5, 0.6) is 0 Å². The van der Waals surface area contributed by atoms with Crippen LogP contribution in [0.2, 0.25) is 0 Å². The molecule has 3 rings (SSSR count). The Balaban J connectivity index is 1.73. The topological polar surface area (TPSA) is 79.7 Å². The number of hydrogen-bond acceptors (Lipinski definition) is 5. The van der Waals surface area contributed by atoms with E-state index in [9.17, 15) is 0 Å². The van der Waals surface area contributed by atoms with Gasteiger partial charge in [0.2, 0.25) is 0 Å². The third kappa shape index (κ3) is 3.79. The third-order valence-corrected chi connectivity index (χ3v) is 4.78. The van der Waals surface area contributed by atoms with Crippen LogP contribution in [-0.2, 0) is 0 Å². The van der Waals surface area contributed by atoms with Crippen LogP contribution in [-0.4, -0.2) is 25.8 Å². The van der Waals surface area contributed by atoms with Crippen LogP contribution in [0.1, 0.15) is 30.4 Å². The maximum Gasteiger partial charge on any atom is 0.0596 e. The van der Waals surface area contributed by atoms with E-state index >= 15 is 0 Å². The second-order valence-electron chi connectivity index (χ2n) is 6.52. The fourth-order valence-corrected chi connectivity index (χ4v) is 3.29. The molecule has 0 amide bonds. The van der Waals surface area contributed by atoms with Crippen molar-refractivity contribution in [3.8, 4) is 0 Å². The van der Waals surface area contributed by atoms with Gasteiger partial charge in [-0.3, -0.25) is 5.01 Å². The molecule has 0 aromatic heterocycles. The van der Waals surface area contributed by atoms with Crippen LogP contribution in [0.25, 0.3) is 5.70 Å². The summed E-state index contributed by atoms with van der Waals surface area (Å²) in [4.78, 5) is 0. The first kappa shape index (κ1) is 16.6. The first-order valence-electron chi connectivity index (χ1n) is 8.69. The lowest BCUT2D eigenvalue weighted by atomic mass is 9.94. The maximum absolute atomic E-state index is 6.28. The van der Waals surface area contributed by atoms with Crippen molar-refractivity contribution >= 4 is 17.6 Å². The molecule has 1 aromatic carbocycles. The molecule has 2 aliphatic rings. The third-order valence-electron chi connectivity index (χ3n) is 4.78. The maximum atomic E-state index is 6.28. The standard InChI is InChI=1S/C19H27N5/c1-14-13-16(24-12-2-9-23-24)3-4-17(14)19(21)6-5-18(20)15-7-10-22-11-8-15/h3-6,9,13,15,22H,2,7-8,10-12,20-21H2,1H3/b18-5-,19-6-. The number of benzene rings is 1.